The van der Waals surface area contributed by atoms with E-state index in [-0.39, 0.29) is 30.9 Å². The standard InChI is InChI=1S/C13H25N3O3/c1-9(2)15-12(18)10-8-19-6-5-16(10)11(17)7-13(3,4)14/h9-10H,5-8,14H2,1-4H3,(H,15,18). The zero-order valence-electron chi connectivity index (χ0n) is 12.2. The van der Waals surface area contributed by atoms with Gasteiger partial charge in [-0.1, -0.05) is 0 Å². The Morgan fingerprint density at radius 1 is 1.47 bits per heavy atom. The smallest absolute Gasteiger partial charge is 0.245 e. The van der Waals surface area contributed by atoms with Crippen LogP contribution in [0.25, 0.3) is 0 Å². The van der Waals surface area contributed by atoms with Gasteiger partial charge in [-0.05, 0) is 27.7 Å². The van der Waals surface area contributed by atoms with Crippen molar-refractivity contribution in [3.63, 3.8) is 0 Å². The Morgan fingerprint density at radius 3 is 2.63 bits per heavy atom. The first kappa shape index (κ1) is 15.9. The fourth-order valence-electron chi connectivity index (χ4n) is 1.99. The van der Waals surface area contributed by atoms with Crippen LogP contribution in [0.4, 0.5) is 0 Å². The van der Waals surface area contributed by atoms with E-state index in [1.807, 2.05) is 13.8 Å². The van der Waals surface area contributed by atoms with Gasteiger partial charge in [-0.25, -0.2) is 0 Å². The third-order valence-electron chi connectivity index (χ3n) is 2.79. The number of hydrogen-bond donors (Lipinski definition) is 2. The van der Waals surface area contributed by atoms with E-state index in [0.717, 1.165) is 0 Å². The van der Waals surface area contributed by atoms with E-state index in [9.17, 15) is 9.59 Å². The van der Waals surface area contributed by atoms with E-state index >= 15 is 0 Å². The lowest BCUT2D eigenvalue weighted by Gasteiger charge is -2.36. The molecule has 1 fully saturated rings. The molecule has 6 nitrogen and oxygen atoms in total. The Balaban J connectivity index is 2.72. The number of amides is 2. The SMILES string of the molecule is CC(C)NC(=O)C1COCCN1C(=O)CC(C)(C)N. The molecular formula is C13H25N3O3. The summed E-state index contributed by atoms with van der Waals surface area (Å²) < 4.78 is 5.31. The van der Waals surface area contributed by atoms with Crippen molar-refractivity contribution >= 4 is 11.8 Å². The Labute approximate surface area is 114 Å². The highest BCUT2D eigenvalue weighted by Crippen LogP contribution is 2.13. The number of carbonyl (C=O) groups is 2. The molecule has 0 aromatic carbocycles. The molecule has 0 aromatic heterocycles. The fourth-order valence-corrected chi connectivity index (χ4v) is 1.99. The number of morpholine rings is 1. The first-order valence-corrected chi connectivity index (χ1v) is 6.67. The van der Waals surface area contributed by atoms with Gasteiger partial charge >= 0.3 is 0 Å². The highest BCUT2D eigenvalue weighted by atomic mass is 16.5. The average Bonchev–Trinajstić information content (AvgIpc) is 2.25. The van der Waals surface area contributed by atoms with Crippen molar-refractivity contribution in [1.82, 2.24) is 10.2 Å². The van der Waals surface area contributed by atoms with Gasteiger partial charge in [0.25, 0.3) is 0 Å². The van der Waals surface area contributed by atoms with Crippen molar-refractivity contribution in [3.8, 4) is 0 Å². The molecule has 3 N–H and O–H groups in total. The molecule has 6 heteroatoms. The summed E-state index contributed by atoms with van der Waals surface area (Å²) in [6.45, 7) is 8.51. The summed E-state index contributed by atoms with van der Waals surface area (Å²) >= 11 is 0. The van der Waals surface area contributed by atoms with Gasteiger partial charge < -0.3 is 20.7 Å². The van der Waals surface area contributed by atoms with Crippen LogP contribution in [0, 0.1) is 0 Å². The quantitative estimate of drug-likeness (QED) is 0.745. The normalized spacial score (nSPS) is 20.5. The molecule has 19 heavy (non-hydrogen) atoms. The zero-order chi connectivity index (χ0) is 14.6. The lowest BCUT2D eigenvalue weighted by atomic mass is 10.0. The first-order chi connectivity index (χ1) is 8.70. The van der Waals surface area contributed by atoms with Crippen molar-refractivity contribution in [2.45, 2.75) is 51.7 Å². The van der Waals surface area contributed by atoms with Crippen molar-refractivity contribution in [1.29, 1.82) is 0 Å². The molecule has 1 aliphatic rings. The summed E-state index contributed by atoms with van der Waals surface area (Å²) in [5.74, 6) is -0.266. The molecule has 1 atom stereocenters. The van der Waals surface area contributed by atoms with E-state index < -0.39 is 11.6 Å². The second-order valence-electron chi connectivity index (χ2n) is 6.01. The molecule has 1 unspecified atom stereocenters. The molecule has 1 saturated heterocycles. The van der Waals surface area contributed by atoms with Crippen LogP contribution in [-0.4, -0.2) is 54.1 Å². The molecule has 0 bridgehead atoms. The average molecular weight is 271 g/mol. The summed E-state index contributed by atoms with van der Waals surface area (Å²) in [6, 6.07) is -0.511. The predicted molar refractivity (Wildman–Crippen MR) is 72.5 cm³/mol. The lowest BCUT2D eigenvalue weighted by molar-refractivity contribution is -0.149. The Bertz CT molecular complexity index is 337. The monoisotopic (exact) mass is 271 g/mol. The molecule has 0 spiro atoms. The molecule has 1 aliphatic heterocycles. The number of ether oxygens (including phenoxy) is 1. The predicted octanol–water partition coefficient (Wildman–Crippen LogP) is -0.134. The topological polar surface area (TPSA) is 84.7 Å². The first-order valence-electron chi connectivity index (χ1n) is 6.67. The van der Waals surface area contributed by atoms with Crippen LogP contribution >= 0.6 is 0 Å². The molecular weight excluding hydrogens is 246 g/mol. The van der Waals surface area contributed by atoms with Crippen LogP contribution in [0.5, 0.6) is 0 Å². The van der Waals surface area contributed by atoms with Crippen molar-refractivity contribution in [2.75, 3.05) is 19.8 Å². The number of carbonyl (C=O) groups excluding carboxylic acids is 2. The Hall–Kier alpha value is -1.14. The minimum Gasteiger partial charge on any atom is -0.377 e. The molecule has 1 heterocycles. The number of nitrogens with zero attached hydrogens (tertiary/aromatic N) is 1. The number of hydrogen-bond acceptors (Lipinski definition) is 4. The fraction of sp³-hybridized carbons (Fsp3) is 0.846. The van der Waals surface area contributed by atoms with Crippen LogP contribution in [0.1, 0.15) is 34.1 Å². The maximum Gasteiger partial charge on any atom is 0.245 e. The van der Waals surface area contributed by atoms with E-state index in [1.54, 1.807) is 18.7 Å². The van der Waals surface area contributed by atoms with Crippen molar-refractivity contribution < 1.29 is 14.3 Å². The number of nitrogens with one attached hydrogen (secondary N) is 1. The maximum atomic E-state index is 12.2. The van der Waals surface area contributed by atoms with Crippen LogP contribution in [-0.2, 0) is 14.3 Å². The Morgan fingerprint density at radius 2 is 2.11 bits per heavy atom. The summed E-state index contributed by atoms with van der Waals surface area (Å²) in [5, 5.41) is 2.82. The van der Waals surface area contributed by atoms with Gasteiger partial charge in [0.2, 0.25) is 11.8 Å². The van der Waals surface area contributed by atoms with Gasteiger partial charge in [0.05, 0.1) is 13.2 Å². The molecule has 0 aliphatic carbocycles. The number of nitrogens with two attached hydrogens (primary N) is 1. The molecule has 0 aromatic rings. The largest absolute Gasteiger partial charge is 0.377 e. The highest BCUT2D eigenvalue weighted by Gasteiger charge is 2.34. The van der Waals surface area contributed by atoms with Crippen LogP contribution in [0.3, 0.4) is 0 Å². The molecule has 0 radical (unpaired) electrons. The van der Waals surface area contributed by atoms with Crippen LogP contribution in [0.2, 0.25) is 0 Å². The van der Waals surface area contributed by atoms with E-state index in [0.29, 0.717) is 13.2 Å². The van der Waals surface area contributed by atoms with Gasteiger partial charge in [-0.2, -0.15) is 0 Å². The van der Waals surface area contributed by atoms with Crippen molar-refractivity contribution in [2.24, 2.45) is 5.73 Å². The van der Waals surface area contributed by atoms with Gasteiger partial charge in [0, 0.05) is 24.5 Å². The second kappa shape index (κ2) is 6.34. The third-order valence-corrected chi connectivity index (χ3v) is 2.79. The molecule has 0 saturated carbocycles. The molecule has 110 valence electrons. The van der Waals surface area contributed by atoms with Crippen molar-refractivity contribution in [3.05, 3.63) is 0 Å². The molecule has 2 amide bonds. The third kappa shape index (κ3) is 5.16. The second-order valence-corrected chi connectivity index (χ2v) is 6.01. The van der Waals surface area contributed by atoms with Gasteiger partial charge in [0.1, 0.15) is 6.04 Å². The summed E-state index contributed by atoms with van der Waals surface area (Å²) in [6.07, 6.45) is 0.221. The maximum absolute atomic E-state index is 12.2. The lowest BCUT2D eigenvalue weighted by Crippen LogP contribution is -2.57. The van der Waals surface area contributed by atoms with E-state index in [1.165, 1.54) is 0 Å². The minimum atomic E-state index is -0.575. The van der Waals surface area contributed by atoms with Gasteiger partial charge in [0.15, 0.2) is 0 Å². The van der Waals surface area contributed by atoms with Crippen LogP contribution < -0.4 is 11.1 Å². The number of rotatable bonds is 4. The summed E-state index contributed by atoms with van der Waals surface area (Å²) in [4.78, 5) is 25.9. The zero-order valence-corrected chi connectivity index (χ0v) is 12.2. The van der Waals surface area contributed by atoms with E-state index in [2.05, 4.69) is 5.32 Å². The minimum absolute atomic E-state index is 0.0392. The van der Waals surface area contributed by atoms with Gasteiger partial charge in [-0.3, -0.25) is 9.59 Å². The summed E-state index contributed by atoms with van der Waals surface area (Å²) in [5.41, 5.74) is 5.29. The molecule has 1 rings (SSSR count). The highest BCUT2D eigenvalue weighted by molar-refractivity contribution is 5.88. The summed E-state index contributed by atoms with van der Waals surface area (Å²) in [7, 11) is 0. The van der Waals surface area contributed by atoms with E-state index in [4.69, 9.17) is 10.5 Å². The van der Waals surface area contributed by atoms with Crippen LogP contribution in [0.15, 0.2) is 0 Å². The van der Waals surface area contributed by atoms with Gasteiger partial charge in [-0.15, -0.1) is 0 Å². The Kier molecular flexibility index (Phi) is 5.31.